The molecule has 2 heterocycles. The van der Waals surface area contributed by atoms with E-state index in [0.29, 0.717) is 17.5 Å². The van der Waals surface area contributed by atoms with Gasteiger partial charge in [-0.3, -0.25) is 0 Å². The van der Waals surface area contributed by atoms with Gasteiger partial charge in [0, 0.05) is 55.7 Å². The summed E-state index contributed by atoms with van der Waals surface area (Å²) in [5.41, 5.74) is 16.4. The van der Waals surface area contributed by atoms with Gasteiger partial charge in [-0.15, -0.1) is 0 Å². The molecule has 1 aliphatic carbocycles. The molecule has 0 amide bonds. The van der Waals surface area contributed by atoms with Gasteiger partial charge in [-0.25, -0.2) is 15.0 Å². The van der Waals surface area contributed by atoms with Crippen LogP contribution in [0.5, 0.6) is 0 Å². The average Bonchev–Trinajstić information content (AvgIpc) is 3.92. The second-order valence-electron chi connectivity index (χ2n) is 16.8. The Kier molecular flexibility index (Phi) is 8.78. The highest BCUT2D eigenvalue weighted by Crippen LogP contribution is 2.56. The summed E-state index contributed by atoms with van der Waals surface area (Å²) in [6, 6.07) is 84.1. The van der Waals surface area contributed by atoms with E-state index in [0.717, 1.165) is 56.1 Å². The number of hydrogen-bond acceptors (Lipinski definition) is 4. The molecule has 5 heteroatoms. The van der Waals surface area contributed by atoms with Crippen molar-refractivity contribution in [1.82, 2.24) is 19.5 Å². The van der Waals surface area contributed by atoms with E-state index in [-0.39, 0.29) is 0 Å². The summed E-state index contributed by atoms with van der Waals surface area (Å²) in [5.74, 6) is 1.90. The van der Waals surface area contributed by atoms with E-state index in [1.807, 2.05) is 36.4 Å². The van der Waals surface area contributed by atoms with E-state index in [1.165, 1.54) is 49.3 Å². The van der Waals surface area contributed by atoms with Gasteiger partial charge in [0.2, 0.25) is 0 Å². The lowest BCUT2D eigenvalue weighted by atomic mass is 9.94. The third kappa shape index (κ3) is 6.13. The SMILES string of the molecule is c1ccc(-c2ccc(N(c3ccc(-n4c5ccccc5c5ccccc54)cc3)c3ccc(-c4nc(-c5ccccc5)nc(-c5ccccc5)n4)c4c3-c3cccc5cccc-4c35)cc2)cc1. The molecular weight excluding hydrogens is 803 g/mol. The number of benzene rings is 10. The molecule has 13 rings (SSSR count). The lowest BCUT2D eigenvalue weighted by molar-refractivity contribution is 1.07. The highest BCUT2D eigenvalue weighted by atomic mass is 15.1. The Morgan fingerprint density at radius 3 is 1.36 bits per heavy atom. The molecule has 1 aliphatic rings. The van der Waals surface area contributed by atoms with E-state index >= 15 is 0 Å². The van der Waals surface area contributed by atoms with E-state index in [1.54, 1.807) is 0 Å². The van der Waals surface area contributed by atoms with Gasteiger partial charge < -0.3 is 9.47 Å². The largest absolute Gasteiger partial charge is 0.310 e. The normalized spacial score (nSPS) is 11.6. The lowest BCUT2D eigenvalue weighted by Crippen LogP contribution is -2.12. The molecule has 66 heavy (non-hydrogen) atoms. The molecule has 2 aromatic heterocycles. The zero-order chi connectivity index (χ0) is 43.6. The number of aromatic nitrogens is 4. The molecule has 308 valence electrons. The quantitative estimate of drug-likeness (QED) is 0.153. The van der Waals surface area contributed by atoms with Crippen LogP contribution in [0.1, 0.15) is 0 Å². The first-order valence-corrected chi connectivity index (χ1v) is 22.4. The molecular formula is C61H39N5. The lowest BCUT2D eigenvalue weighted by Gasteiger charge is -2.29. The van der Waals surface area contributed by atoms with Crippen LogP contribution in [0.15, 0.2) is 237 Å². The van der Waals surface area contributed by atoms with Crippen LogP contribution < -0.4 is 4.90 Å². The van der Waals surface area contributed by atoms with Gasteiger partial charge in [-0.05, 0) is 93.7 Å². The summed E-state index contributed by atoms with van der Waals surface area (Å²) in [4.78, 5) is 18.0. The summed E-state index contributed by atoms with van der Waals surface area (Å²) < 4.78 is 2.37. The van der Waals surface area contributed by atoms with E-state index < -0.39 is 0 Å². The predicted molar refractivity (Wildman–Crippen MR) is 273 cm³/mol. The molecule has 0 unspecified atom stereocenters. The zero-order valence-electron chi connectivity index (χ0n) is 35.8. The molecule has 0 fully saturated rings. The first kappa shape index (κ1) is 37.6. The minimum Gasteiger partial charge on any atom is -0.310 e. The van der Waals surface area contributed by atoms with Gasteiger partial charge in [0.25, 0.3) is 0 Å². The maximum atomic E-state index is 5.27. The molecule has 0 atom stereocenters. The van der Waals surface area contributed by atoms with Crippen LogP contribution in [0, 0.1) is 0 Å². The molecule has 10 aromatic carbocycles. The smallest absolute Gasteiger partial charge is 0.164 e. The van der Waals surface area contributed by atoms with Crippen molar-refractivity contribution in [2.75, 3.05) is 4.90 Å². The Labute approximate surface area is 382 Å². The number of nitrogens with zero attached hydrogens (tertiary/aromatic N) is 5. The number of hydrogen-bond donors (Lipinski definition) is 0. The van der Waals surface area contributed by atoms with Gasteiger partial charge in [-0.2, -0.15) is 0 Å². The van der Waals surface area contributed by atoms with E-state index in [4.69, 9.17) is 15.0 Å². The molecule has 0 bridgehead atoms. The zero-order valence-corrected chi connectivity index (χ0v) is 35.8. The summed E-state index contributed by atoms with van der Waals surface area (Å²) in [5, 5.41) is 4.90. The van der Waals surface area contributed by atoms with Crippen molar-refractivity contribution < 1.29 is 0 Å². The number of rotatable bonds is 8. The van der Waals surface area contributed by atoms with Crippen molar-refractivity contribution in [2.24, 2.45) is 0 Å². The molecule has 12 aromatic rings. The third-order valence-electron chi connectivity index (χ3n) is 13.0. The first-order chi connectivity index (χ1) is 32.7. The maximum absolute atomic E-state index is 5.27. The fourth-order valence-electron chi connectivity index (χ4n) is 10.0. The molecule has 0 spiro atoms. The standard InChI is InChI=1S/C61H39N5/c1-4-16-40(17-5-1)41-30-32-45(33-31-41)65(46-34-36-47(37-35-46)66-53-28-12-10-24-48(53)49-25-11-13-29-54(49)66)55-39-38-52(57-50-26-14-22-42-23-15-27-51(56(42)50)58(55)57)61-63-59(43-18-6-2-7-19-43)62-60(64-61)44-20-8-3-9-21-44/h1-39H. The highest BCUT2D eigenvalue weighted by molar-refractivity contribution is 6.21. The van der Waals surface area contributed by atoms with Crippen molar-refractivity contribution >= 4 is 49.6 Å². The second-order valence-corrected chi connectivity index (χ2v) is 16.8. The molecule has 0 N–H and O–H groups in total. The van der Waals surface area contributed by atoms with E-state index in [2.05, 4.69) is 210 Å². The predicted octanol–water partition coefficient (Wildman–Crippen LogP) is 15.9. The number of anilines is 3. The van der Waals surface area contributed by atoms with Gasteiger partial charge >= 0.3 is 0 Å². The van der Waals surface area contributed by atoms with Crippen LogP contribution in [0.3, 0.4) is 0 Å². The van der Waals surface area contributed by atoms with Crippen LogP contribution in [0.4, 0.5) is 17.1 Å². The maximum Gasteiger partial charge on any atom is 0.164 e. The van der Waals surface area contributed by atoms with Crippen molar-refractivity contribution in [3.63, 3.8) is 0 Å². The molecule has 5 nitrogen and oxygen atoms in total. The molecule has 0 aliphatic heterocycles. The topological polar surface area (TPSA) is 46.8 Å². The fourth-order valence-corrected chi connectivity index (χ4v) is 10.0. The van der Waals surface area contributed by atoms with Crippen LogP contribution in [-0.4, -0.2) is 19.5 Å². The van der Waals surface area contributed by atoms with Crippen LogP contribution in [0.25, 0.3) is 106 Å². The number of para-hydroxylation sites is 2. The Balaban J connectivity index is 1.04. The summed E-state index contributed by atoms with van der Waals surface area (Å²) in [6.45, 7) is 0. The van der Waals surface area contributed by atoms with Crippen molar-refractivity contribution in [1.29, 1.82) is 0 Å². The minimum absolute atomic E-state index is 0.629. The fraction of sp³-hybridized carbons (Fsp3) is 0. The Bertz CT molecular complexity index is 3670. The average molecular weight is 842 g/mol. The van der Waals surface area contributed by atoms with Gasteiger partial charge in [0.1, 0.15) is 0 Å². The van der Waals surface area contributed by atoms with Crippen molar-refractivity contribution in [3.8, 4) is 73.2 Å². The van der Waals surface area contributed by atoms with Crippen LogP contribution in [0.2, 0.25) is 0 Å². The van der Waals surface area contributed by atoms with Gasteiger partial charge in [0.15, 0.2) is 17.5 Å². The minimum atomic E-state index is 0.629. The Hall–Kier alpha value is -8.93. The highest BCUT2D eigenvalue weighted by Gasteiger charge is 2.31. The summed E-state index contributed by atoms with van der Waals surface area (Å²) >= 11 is 0. The summed E-state index contributed by atoms with van der Waals surface area (Å²) in [7, 11) is 0. The summed E-state index contributed by atoms with van der Waals surface area (Å²) in [6.07, 6.45) is 0. The molecule has 0 radical (unpaired) electrons. The Morgan fingerprint density at radius 2 is 0.788 bits per heavy atom. The van der Waals surface area contributed by atoms with E-state index in [9.17, 15) is 0 Å². The molecule has 0 saturated heterocycles. The monoisotopic (exact) mass is 841 g/mol. The van der Waals surface area contributed by atoms with Gasteiger partial charge in [-0.1, -0.05) is 176 Å². The Morgan fingerprint density at radius 1 is 0.318 bits per heavy atom. The van der Waals surface area contributed by atoms with Crippen LogP contribution in [-0.2, 0) is 0 Å². The van der Waals surface area contributed by atoms with Crippen LogP contribution >= 0.6 is 0 Å². The van der Waals surface area contributed by atoms with Gasteiger partial charge in [0.05, 0.1) is 16.7 Å². The first-order valence-electron chi connectivity index (χ1n) is 22.4. The second kappa shape index (κ2) is 15.4. The van der Waals surface area contributed by atoms with Crippen molar-refractivity contribution in [2.45, 2.75) is 0 Å². The third-order valence-corrected chi connectivity index (χ3v) is 13.0. The van der Waals surface area contributed by atoms with Crippen molar-refractivity contribution in [3.05, 3.63) is 237 Å². The number of fused-ring (bicyclic) bond motifs is 6. The molecule has 0 saturated carbocycles.